The Labute approximate surface area is 179 Å². The molecule has 1 aliphatic carbocycles. The molecular weight excluding hydrogens is 413 g/mol. The van der Waals surface area contributed by atoms with Gasteiger partial charge >= 0.3 is 6.18 Å². The molecule has 174 valence electrons. The number of rotatable bonds is 6. The molecule has 3 aliphatic rings. The van der Waals surface area contributed by atoms with Crippen molar-refractivity contribution < 1.29 is 31.8 Å². The van der Waals surface area contributed by atoms with Gasteiger partial charge in [-0.2, -0.15) is 13.2 Å². The summed E-state index contributed by atoms with van der Waals surface area (Å²) < 4.78 is 63.3. The van der Waals surface area contributed by atoms with E-state index in [-0.39, 0.29) is 41.3 Å². The predicted octanol–water partition coefficient (Wildman–Crippen LogP) is 5.63. The Bertz CT molecular complexity index is 681. The Hall–Kier alpha value is -0.413. The molecule has 0 unspecified atom stereocenters. The summed E-state index contributed by atoms with van der Waals surface area (Å²) in [5, 5.41) is 0.0778. The fraction of sp³-hybridized carbons (Fsp3) is 0.909. The van der Waals surface area contributed by atoms with Gasteiger partial charge in [-0.05, 0) is 51.2 Å². The SMILES string of the molecule is CO[C@@H]1[C@H](O[Si](C)(C)C(C)(C)C)CC[C@]2(CO2)[C@H]1[C@]1(C)O[C@@H]1C/C=C(\C)C(F)(F)F. The van der Waals surface area contributed by atoms with Crippen LogP contribution in [-0.2, 0) is 18.6 Å². The molecule has 1 saturated carbocycles. The van der Waals surface area contributed by atoms with E-state index in [9.17, 15) is 13.2 Å². The molecule has 3 rings (SSSR count). The van der Waals surface area contributed by atoms with E-state index in [0.717, 1.165) is 19.8 Å². The van der Waals surface area contributed by atoms with Gasteiger partial charge in [0.2, 0.25) is 0 Å². The molecule has 6 atom stereocenters. The monoisotopic (exact) mass is 450 g/mol. The van der Waals surface area contributed by atoms with Crippen LogP contribution >= 0.6 is 0 Å². The number of hydrogen-bond acceptors (Lipinski definition) is 4. The van der Waals surface area contributed by atoms with Crippen LogP contribution in [0.2, 0.25) is 18.1 Å². The summed E-state index contributed by atoms with van der Waals surface area (Å²) in [7, 11) is -0.319. The van der Waals surface area contributed by atoms with Crippen molar-refractivity contribution in [2.24, 2.45) is 5.92 Å². The van der Waals surface area contributed by atoms with Gasteiger partial charge in [-0.25, -0.2) is 0 Å². The van der Waals surface area contributed by atoms with Crippen LogP contribution < -0.4 is 0 Å². The molecule has 8 heteroatoms. The van der Waals surface area contributed by atoms with Crippen molar-refractivity contribution >= 4 is 8.32 Å². The van der Waals surface area contributed by atoms with E-state index in [4.69, 9.17) is 18.6 Å². The van der Waals surface area contributed by atoms with E-state index in [0.29, 0.717) is 6.61 Å². The molecule has 0 aromatic rings. The summed E-state index contributed by atoms with van der Waals surface area (Å²) in [6, 6.07) is 0. The van der Waals surface area contributed by atoms with Gasteiger partial charge in [0.1, 0.15) is 5.60 Å². The van der Waals surface area contributed by atoms with Crippen LogP contribution in [0.1, 0.15) is 53.9 Å². The molecular formula is C22H37F3O4Si. The van der Waals surface area contributed by atoms with E-state index < -0.39 is 25.7 Å². The molecule has 2 saturated heterocycles. The van der Waals surface area contributed by atoms with Gasteiger partial charge < -0.3 is 18.6 Å². The Morgan fingerprint density at radius 3 is 2.30 bits per heavy atom. The summed E-state index contributed by atoms with van der Waals surface area (Å²) in [5.74, 6) is -0.0666. The zero-order valence-electron chi connectivity index (χ0n) is 19.5. The first kappa shape index (κ1) is 24.2. The maximum absolute atomic E-state index is 12.9. The molecule has 30 heavy (non-hydrogen) atoms. The third-order valence-electron chi connectivity index (χ3n) is 7.83. The molecule has 1 spiro atoms. The third-order valence-corrected chi connectivity index (χ3v) is 12.3. The van der Waals surface area contributed by atoms with E-state index >= 15 is 0 Å². The maximum Gasteiger partial charge on any atom is 0.412 e. The van der Waals surface area contributed by atoms with Crippen LogP contribution in [0, 0.1) is 5.92 Å². The minimum Gasteiger partial charge on any atom is -0.411 e. The molecule has 0 aromatic carbocycles. The molecule has 0 bridgehead atoms. The largest absolute Gasteiger partial charge is 0.412 e. The number of halogens is 3. The van der Waals surface area contributed by atoms with Gasteiger partial charge in [-0.3, -0.25) is 0 Å². The number of ether oxygens (including phenoxy) is 3. The lowest BCUT2D eigenvalue weighted by Crippen LogP contribution is -2.58. The number of allylic oxidation sites excluding steroid dienone is 1. The minimum atomic E-state index is -4.30. The van der Waals surface area contributed by atoms with E-state index in [1.165, 1.54) is 6.08 Å². The zero-order valence-corrected chi connectivity index (χ0v) is 20.5. The van der Waals surface area contributed by atoms with E-state index in [2.05, 4.69) is 33.9 Å². The quantitative estimate of drug-likeness (QED) is 0.299. The van der Waals surface area contributed by atoms with Crippen LogP contribution in [0.3, 0.4) is 0 Å². The molecule has 0 amide bonds. The van der Waals surface area contributed by atoms with Gasteiger partial charge in [-0.1, -0.05) is 26.8 Å². The maximum atomic E-state index is 12.9. The van der Waals surface area contributed by atoms with Crippen molar-refractivity contribution in [1.29, 1.82) is 0 Å². The Kier molecular flexibility index (Phi) is 6.12. The Morgan fingerprint density at radius 2 is 1.83 bits per heavy atom. The summed E-state index contributed by atoms with van der Waals surface area (Å²) in [4.78, 5) is 0. The predicted molar refractivity (Wildman–Crippen MR) is 112 cm³/mol. The average Bonchev–Trinajstić information content (AvgIpc) is 3.50. The lowest BCUT2D eigenvalue weighted by Gasteiger charge is -2.47. The molecule has 4 nitrogen and oxygen atoms in total. The minimum absolute atomic E-state index is 0.0650. The molecule has 3 fully saturated rings. The van der Waals surface area contributed by atoms with Gasteiger partial charge in [0.15, 0.2) is 8.32 Å². The van der Waals surface area contributed by atoms with Crippen molar-refractivity contribution in [2.45, 2.75) is 108 Å². The van der Waals surface area contributed by atoms with Crippen LogP contribution in [0.5, 0.6) is 0 Å². The molecule has 0 N–H and O–H groups in total. The highest BCUT2D eigenvalue weighted by atomic mass is 28.4. The first-order valence-corrected chi connectivity index (χ1v) is 13.7. The van der Waals surface area contributed by atoms with Gasteiger partial charge in [0.05, 0.1) is 36.4 Å². The number of epoxide rings is 2. The van der Waals surface area contributed by atoms with Crippen LogP contribution in [0.15, 0.2) is 11.6 Å². The highest BCUT2D eigenvalue weighted by molar-refractivity contribution is 6.74. The van der Waals surface area contributed by atoms with Crippen LogP contribution in [0.4, 0.5) is 13.2 Å². The first-order valence-electron chi connectivity index (χ1n) is 10.8. The van der Waals surface area contributed by atoms with Crippen molar-refractivity contribution in [1.82, 2.24) is 0 Å². The smallest absolute Gasteiger partial charge is 0.411 e. The number of alkyl halides is 3. The Morgan fingerprint density at radius 1 is 1.23 bits per heavy atom. The van der Waals surface area contributed by atoms with Crippen molar-refractivity contribution in [3.8, 4) is 0 Å². The number of hydrogen-bond donors (Lipinski definition) is 0. The van der Waals surface area contributed by atoms with Gasteiger partial charge in [0.25, 0.3) is 0 Å². The van der Waals surface area contributed by atoms with Crippen molar-refractivity contribution in [3.63, 3.8) is 0 Å². The summed E-state index contributed by atoms with van der Waals surface area (Å²) >= 11 is 0. The number of methoxy groups -OCH3 is 1. The average molecular weight is 451 g/mol. The first-order chi connectivity index (χ1) is 13.6. The van der Waals surface area contributed by atoms with E-state index in [1.54, 1.807) is 7.11 Å². The summed E-state index contributed by atoms with van der Waals surface area (Å²) in [6.07, 6.45) is -1.65. The Balaban J connectivity index is 1.79. The molecule has 2 heterocycles. The van der Waals surface area contributed by atoms with Crippen molar-refractivity contribution in [2.75, 3.05) is 13.7 Å². The third kappa shape index (κ3) is 4.40. The van der Waals surface area contributed by atoms with E-state index in [1.807, 2.05) is 6.92 Å². The normalized spacial score (nSPS) is 40.0. The van der Waals surface area contributed by atoms with Crippen LogP contribution in [0.25, 0.3) is 0 Å². The highest BCUT2D eigenvalue weighted by Gasteiger charge is 2.72. The topological polar surface area (TPSA) is 43.5 Å². The van der Waals surface area contributed by atoms with Gasteiger partial charge in [0, 0.05) is 12.7 Å². The highest BCUT2D eigenvalue weighted by Crippen LogP contribution is 2.60. The zero-order chi connectivity index (χ0) is 22.8. The second-order valence-electron chi connectivity index (χ2n) is 10.9. The fourth-order valence-electron chi connectivity index (χ4n) is 4.68. The van der Waals surface area contributed by atoms with Gasteiger partial charge in [-0.15, -0.1) is 0 Å². The standard InChI is InChI=1S/C22H37F3O4Si/c1-14(22(23,24)25)9-10-16-20(5,28-16)18-17(26-6)15(11-12-21(18)13-27-21)29-30(7,8)19(2,3)4/h9,15-18H,10-13H2,1-8H3/b14-9+/t15-,16-,17-,18-,20-,21+/m1/s1. The molecule has 0 aromatic heterocycles. The van der Waals surface area contributed by atoms with Crippen LogP contribution in [-0.4, -0.2) is 57.7 Å². The second-order valence-corrected chi connectivity index (χ2v) is 15.7. The second kappa shape index (κ2) is 7.58. The lowest BCUT2D eigenvalue weighted by atomic mass is 9.68. The molecule has 2 aliphatic heterocycles. The fourth-order valence-corrected chi connectivity index (χ4v) is 6.04. The lowest BCUT2D eigenvalue weighted by molar-refractivity contribution is -0.111. The summed E-state index contributed by atoms with van der Waals surface area (Å²) in [6.45, 7) is 14.8. The summed E-state index contributed by atoms with van der Waals surface area (Å²) in [5.41, 5.74) is -1.46. The van der Waals surface area contributed by atoms with Crippen molar-refractivity contribution in [3.05, 3.63) is 11.6 Å². The molecule has 0 radical (unpaired) electrons.